The van der Waals surface area contributed by atoms with Crippen LogP contribution < -0.4 is 4.74 Å². The first kappa shape index (κ1) is 22.9. The van der Waals surface area contributed by atoms with Gasteiger partial charge in [0.05, 0.1) is 28.8 Å². The van der Waals surface area contributed by atoms with Gasteiger partial charge in [-0.2, -0.15) is 10.1 Å². The predicted molar refractivity (Wildman–Crippen MR) is 128 cm³/mol. The molecule has 4 aromatic rings. The highest BCUT2D eigenvalue weighted by atomic mass is 32.1. The number of methoxy groups -OCH3 is 2. The van der Waals surface area contributed by atoms with Crippen molar-refractivity contribution in [2.45, 2.75) is 33.9 Å². The second-order valence-electron chi connectivity index (χ2n) is 7.88. The number of carbonyl (C=O) groups excluding carboxylic acids is 1. The minimum absolute atomic E-state index is 0.0721. The molecule has 0 atom stereocenters. The molecule has 0 N–H and O–H groups in total. The maximum absolute atomic E-state index is 13.4. The van der Waals surface area contributed by atoms with Gasteiger partial charge in [0.2, 0.25) is 5.88 Å². The molecule has 0 fully saturated rings. The minimum atomic E-state index is -0.0721. The third-order valence-corrected chi connectivity index (χ3v) is 6.82. The average Bonchev–Trinajstić information content (AvgIpc) is 3.30. The molecule has 8 nitrogen and oxygen atoms in total. The Kier molecular flexibility index (Phi) is 6.44. The molecule has 0 bridgehead atoms. The van der Waals surface area contributed by atoms with Crippen LogP contribution in [-0.4, -0.2) is 51.8 Å². The van der Waals surface area contributed by atoms with Crippen molar-refractivity contribution in [2.75, 3.05) is 21.3 Å². The van der Waals surface area contributed by atoms with Gasteiger partial charge in [-0.25, -0.2) is 9.67 Å². The molecule has 172 valence electrons. The maximum atomic E-state index is 13.4. The highest BCUT2D eigenvalue weighted by Gasteiger charge is 2.25. The second kappa shape index (κ2) is 9.29. The number of rotatable bonds is 7. The molecule has 0 aliphatic rings. The van der Waals surface area contributed by atoms with Crippen LogP contribution >= 0.6 is 11.3 Å². The number of para-hydroxylation sites is 1. The van der Waals surface area contributed by atoms with Gasteiger partial charge in [-0.15, -0.1) is 11.3 Å². The quantitative estimate of drug-likeness (QED) is 0.406. The van der Waals surface area contributed by atoms with E-state index in [4.69, 9.17) is 14.6 Å². The lowest BCUT2D eigenvalue weighted by Crippen LogP contribution is -2.26. The van der Waals surface area contributed by atoms with E-state index in [2.05, 4.69) is 9.97 Å². The molecular formula is C24H27N5O3S. The summed E-state index contributed by atoms with van der Waals surface area (Å²) >= 11 is 1.35. The van der Waals surface area contributed by atoms with Crippen LogP contribution in [0.15, 0.2) is 30.3 Å². The Hall–Kier alpha value is -3.30. The summed E-state index contributed by atoms with van der Waals surface area (Å²) in [5.74, 6) is 0.908. The molecule has 1 aromatic carbocycles. The van der Waals surface area contributed by atoms with Crippen molar-refractivity contribution in [2.24, 2.45) is 0 Å². The number of hydrogen-bond acceptors (Lipinski definition) is 7. The Bertz CT molecular complexity index is 1310. The Balaban J connectivity index is 1.65. The van der Waals surface area contributed by atoms with Gasteiger partial charge in [-0.05, 0) is 38.5 Å². The molecule has 0 saturated carbocycles. The molecule has 0 spiro atoms. The van der Waals surface area contributed by atoms with Crippen molar-refractivity contribution in [1.29, 1.82) is 0 Å². The van der Waals surface area contributed by atoms with E-state index < -0.39 is 0 Å². The van der Waals surface area contributed by atoms with Gasteiger partial charge in [0.25, 0.3) is 5.91 Å². The van der Waals surface area contributed by atoms with Crippen LogP contribution in [0.2, 0.25) is 0 Å². The van der Waals surface area contributed by atoms with Crippen molar-refractivity contribution < 1.29 is 14.3 Å². The summed E-state index contributed by atoms with van der Waals surface area (Å²) in [6.07, 6.45) is 0. The molecule has 4 rings (SSSR count). The third kappa shape index (κ3) is 4.21. The first-order valence-corrected chi connectivity index (χ1v) is 11.4. The number of amides is 1. The number of fused-ring (bicyclic) bond motifs is 1. The highest BCUT2D eigenvalue weighted by Crippen LogP contribution is 2.36. The SMILES string of the molecule is COCc1nc(OC)c2c(C)c(C(=O)N(C)Cc3c(C)nn(-c4ccccc4)c3C)sc2n1. The Morgan fingerprint density at radius 3 is 2.52 bits per heavy atom. The smallest absolute Gasteiger partial charge is 0.264 e. The number of nitrogens with zero attached hydrogens (tertiary/aromatic N) is 5. The summed E-state index contributed by atoms with van der Waals surface area (Å²) in [6.45, 7) is 6.64. The van der Waals surface area contributed by atoms with Gasteiger partial charge in [-0.1, -0.05) is 18.2 Å². The number of aryl methyl sites for hydroxylation is 2. The lowest BCUT2D eigenvalue weighted by Gasteiger charge is -2.17. The number of thiophene rings is 1. The molecular weight excluding hydrogens is 438 g/mol. The van der Waals surface area contributed by atoms with E-state index in [0.29, 0.717) is 28.0 Å². The Morgan fingerprint density at radius 1 is 1.12 bits per heavy atom. The first-order valence-electron chi connectivity index (χ1n) is 10.5. The van der Waals surface area contributed by atoms with E-state index in [1.807, 2.05) is 62.8 Å². The van der Waals surface area contributed by atoms with Gasteiger partial charge in [0, 0.05) is 32.0 Å². The van der Waals surface area contributed by atoms with Crippen molar-refractivity contribution in [1.82, 2.24) is 24.6 Å². The first-order chi connectivity index (χ1) is 15.8. The summed E-state index contributed by atoms with van der Waals surface area (Å²) in [5, 5.41) is 5.47. The van der Waals surface area contributed by atoms with E-state index in [1.54, 1.807) is 19.1 Å². The van der Waals surface area contributed by atoms with Gasteiger partial charge in [0.15, 0.2) is 5.82 Å². The summed E-state index contributed by atoms with van der Waals surface area (Å²) in [5.41, 5.74) is 4.77. The lowest BCUT2D eigenvalue weighted by atomic mass is 10.1. The van der Waals surface area contributed by atoms with Crippen LogP contribution in [0.1, 0.15) is 38.0 Å². The summed E-state index contributed by atoms with van der Waals surface area (Å²) in [4.78, 5) is 25.5. The molecule has 33 heavy (non-hydrogen) atoms. The van der Waals surface area contributed by atoms with Crippen LogP contribution in [0, 0.1) is 20.8 Å². The molecule has 3 heterocycles. The summed E-state index contributed by atoms with van der Waals surface area (Å²) in [7, 11) is 4.97. The third-order valence-electron chi connectivity index (χ3n) is 5.65. The van der Waals surface area contributed by atoms with E-state index in [1.165, 1.54) is 11.3 Å². The van der Waals surface area contributed by atoms with Crippen LogP contribution in [0.3, 0.4) is 0 Å². The maximum Gasteiger partial charge on any atom is 0.264 e. The van der Waals surface area contributed by atoms with Gasteiger partial charge < -0.3 is 14.4 Å². The number of carbonyl (C=O) groups is 1. The Labute approximate surface area is 196 Å². The number of aromatic nitrogens is 4. The predicted octanol–water partition coefficient (Wildman–Crippen LogP) is 4.23. The molecule has 0 aliphatic heterocycles. The average molecular weight is 466 g/mol. The van der Waals surface area contributed by atoms with Crippen LogP contribution in [0.5, 0.6) is 5.88 Å². The lowest BCUT2D eigenvalue weighted by molar-refractivity contribution is 0.0789. The monoisotopic (exact) mass is 465 g/mol. The molecule has 9 heteroatoms. The normalized spacial score (nSPS) is 11.2. The van der Waals surface area contributed by atoms with Gasteiger partial charge in [0.1, 0.15) is 11.4 Å². The fourth-order valence-corrected chi connectivity index (χ4v) is 5.08. The standard InChI is InChI=1S/C24H27N5O3S/c1-14-20-22(32-6)25-19(13-31-5)26-23(20)33-21(14)24(30)28(4)12-18-15(2)27-29(16(18)3)17-10-8-7-9-11-17/h7-11H,12-13H2,1-6H3. The van der Waals surface area contributed by atoms with Gasteiger partial charge in [-0.3, -0.25) is 4.79 Å². The topological polar surface area (TPSA) is 82.4 Å². The molecule has 0 unspecified atom stereocenters. The molecule has 0 aliphatic carbocycles. The highest BCUT2D eigenvalue weighted by molar-refractivity contribution is 7.20. The van der Waals surface area contributed by atoms with E-state index in [-0.39, 0.29) is 12.5 Å². The number of ether oxygens (including phenoxy) is 2. The molecule has 3 aromatic heterocycles. The van der Waals surface area contributed by atoms with Crippen molar-refractivity contribution in [3.05, 3.63) is 63.5 Å². The largest absolute Gasteiger partial charge is 0.480 e. The summed E-state index contributed by atoms with van der Waals surface area (Å²) in [6, 6.07) is 9.99. The second-order valence-corrected chi connectivity index (χ2v) is 8.88. The zero-order valence-corrected chi connectivity index (χ0v) is 20.5. The van der Waals surface area contributed by atoms with E-state index >= 15 is 0 Å². The van der Waals surface area contributed by atoms with Crippen LogP contribution in [-0.2, 0) is 17.9 Å². The molecule has 0 saturated heterocycles. The Morgan fingerprint density at radius 2 is 1.85 bits per heavy atom. The van der Waals surface area contributed by atoms with E-state index in [0.717, 1.165) is 33.6 Å². The zero-order valence-electron chi connectivity index (χ0n) is 19.7. The summed E-state index contributed by atoms with van der Waals surface area (Å²) < 4.78 is 12.6. The number of hydrogen-bond donors (Lipinski definition) is 0. The molecule has 0 radical (unpaired) electrons. The fraction of sp³-hybridized carbons (Fsp3) is 0.333. The number of benzene rings is 1. The van der Waals surface area contributed by atoms with Crippen molar-refractivity contribution in [3.63, 3.8) is 0 Å². The van der Waals surface area contributed by atoms with E-state index in [9.17, 15) is 4.79 Å². The van der Waals surface area contributed by atoms with Crippen molar-refractivity contribution >= 4 is 27.5 Å². The minimum Gasteiger partial charge on any atom is -0.480 e. The van der Waals surface area contributed by atoms with Gasteiger partial charge >= 0.3 is 0 Å². The van der Waals surface area contributed by atoms with Crippen molar-refractivity contribution in [3.8, 4) is 11.6 Å². The fourth-order valence-electron chi connectivity index (χ4n) is 3.90. The van der Waals surface area contributed by atoms with Crippen LogP contribution in [0.25, 0.3) is 15.9 Å². The van der Waals surface area contributed by atoms with Crippen LogP contribution in [0.4, 0.5) is 0 Å². The molecule has 1 amide bonds. The zero-order chi connectivity index (χ0) is 23.7.